The van der Waals surface area contributed by atoms with Crippen LogP contribution in [0, 0.1) is 16.0 Å². The average molecular weight is 318 g/mol. The summed E-state index contributed by atoms with van der Waals surface area (Å²) in [6, 6.07) is 1.70. The molecule has 0 bridgehead atoms. The van der Waals surface area contributed by atoms with Gasteiger partial charge in [0.05, 0.1) is 17.4 Å². The van der Waals surface area contributed by atoms with Crippen LogP contribution < -0.4 is 4.90 Å². The van der Waals surface area contributed by atoms with Gasteiger partial charge in [-0.05, 0) is 24.8 Å². The molecule has 1 fully saturated rings. The Balaban J connectivity index is 1.77. The number of hydrogen-bond donors (Lipinski definition) is 1. The van der Waals surface area contributed by atoms with Gasteiger partial charge in [0.15, 0.2) is 0 Å². The summed E-state index contributed by atoms with van der Waals surface area (Å²) in [6.07, 6.45) is 8.88. The normalized spacial score (nSPS) is 16.0. The quantitative estimate of drug-likeness (QED) is 0.642. The lowest BCUT2D eigenvalue weighted by Gasteiger charge is -2.31. The third kappa shape index (κ3) is 3.23. The first-order chi connectivity index (χ1) is 11.2. The second kappa shape index (κ2) is 6.85. The highest BCUT2D eigenvalue weighted by Gasteiger charge is 2.31. The molecule has 0 atom stereocenters. The van der Waals surface area contributed by atoms with Gasteiger partial charge in [0.25, 0.3) is 0 Å². The van der Waals surface area contributed by atoms with Crippen LogP contribution in [0.5, 0.6) is 0 Å². The van der Waals surface area contributed by atoms with E-state index in [9.17, 15) is 10.1 Å². The Labute approximate surface area is 134 Å². The molecule has 0 saturated carbocycles. The molecule has 1 aliphatic rings. The van der Waals surface area contributed by atoms with E-state index in [1.165, 1.54) is 31.8 Å². The first-order valence-electron chi connectivity index (χ1n) is 8.21. The number of rotatable bonds is 6. The largest absolute Gasteiger partial charge is 0.472 e. The molecular weight excluding hydrogens is 296 g/mol. The predicted octanol–water partition coefficient (Wildman–Crippen LogP) is 3.98. The van der Waals surface area contributed by atoms with Crippen molar-refractivity contribution in [2.75, 3.05) is 18.0 Å². The van der Waals surface area contributed by atoms with E-state index in [1.54, 1.807) is 6.07 Å². The number of aromatic amines is 1. The van der Waals surface area contributed by atoms with E-state index in [0.717, 1.165) is 31.8 Å². The molecule has 0 aromatic carbocycles. The van der Waals surface area contributed by atoms with Gasteiger partial charge in [-0.25, -0.2) is 0 Å². The van der Waals surface area contributed by atoms with E-state index < -0.39 is 0 Å². The van der Waals surface area contributed by atoms with Crippen molar-refractivity contribution < 1.29 is 9.34 Å². The summed E-state index contributed by atoms with van der Waals surface area (Å²) < 4.78 is 5.03. The molecule has 0 unspecified atom stereocenters. The Morgan fingerprint density at radius 3 is 2.87 bits per heavy atom. The van der Waals surface area contributed by atoms with Crippen LogP contribution in [0.25, 0.3) is 11.3 Å². The van der Waals surface area contributed by atoms with Gasteiger partial charge in [0, 0.05) is 18.7 Å². The molecule has 3 heterocycles. The lowest BCUT2D eigenvalue weighted by molar-refractivity contribution is -0.383. The summed E-state index contributed by atoms with van der Waals surface area (Å²) in [4.78, 5) is 13.2. The van der Waals surface area contributed by atoms with Crippen molar-refractivity contribution in [1.82, 2.24) is 10.2 Å². The van der Waals surface area contributed by atoms with E-state index in [0.29, 0.717) is 17.1 Å². The minimum absolute atomic E-state index is 0.0402. The molecule has 7 heteroatoms. The van der Waals surface area contributed by atoms with Gasteiger partial charge in [-0.2, -0.15) is 0 Å². The maximum absolute atomic E-state index is 11.5. The molecular formula is C16H22N4O3. The minimum Gasteiger partial charge on any atom is -0.472 e. The first kappa shape index (κ1) is 15.6. The Morgan fingerprint density at radius 2 is 2.26 bits per heavy atom. The second-order valence-corrected chi connectivity index (χ2v) is 6.11. The van der Waals surface area contributed by atoms with Crippen LogP contribution in [0.3, 0.4) is 0 Å². The number of nitrogens with one attached hydrogen (secondary N) is 1. The number of piperidine rings is 1. The molecule has 1 N–H and O–H groups in total. The maximum atomic E-state index is 11.5. The topological polar surface area (TPSA) is 88.2 Å². The van der Waals surface area contributed by atoms with Crippen molar-refractivity contribution in [2.24, 2.45) is 5.92 Å². The lowest BCUT2D eigenvalue weighted by Crippen LogP contribution is -2.34. The van der Waals surface area contributed by atoms with Crippen LogP contribution >= 0.6 is 0 Å². The smallest absolute Gasteiger partial charge is 0.338 e. The number of furan rings is 1. The van der Waals surface area contributed by atoms with Gasteiger partial charge >= 0.3 is 5.69 Å². The summed E-state index contributed by atoms with van der Waals surface area (Å²) in [5.41, 5.74) is 1.10. The number of anilines is 1. The molecule has 2 aromatic heterocycles. The van der Waals surface area contributed by atoms with Crippen molar-refractivity contribution in [1.29, 1.82) is 0 Å². The number of nitrogens with zero attached hydrogens (tertiary/aromatic N) is 3. The third-order valence-electron chi connectivity index (χ3n) is 4.59. The second-order valence-electron chi connectivity index (χ2n) is 6.11. The zero-order valence-electron chi connectivity index (χ0n) is 13.3. The highest BCUT2D eigenvalue weighted by Crippen LogP contribution is 2.38. The molecule has 1 aliphatic heterocycles. The molecule has 1 saturated heterocycles. The fourth-order valence-electron chi connectivity index (χ4n) is 3.25. The zero-order valence-corrected chi connectivity index (χ0v) is 13.3. The van der Waals surface area contributed by atoms with Crippen LogP contribution in [0.15, 0.2) is 23.0 Å². The van der Waals surface area contributed by atoms with E-state index in [4.69, 9.17) is 4.42 Å². The molecule has 0 aliphatic carbocycles. The zero-order chi connectivity index (χ0) is 16.2. The number of H-pyrrole nitrogens is 1. The fraction of sp³-hybridized carbons (Fsp3) is 0.562. The van der Waals surface area contributed by atoms with Crippen LogP contribution in [0.4, 0.5) is 11.5 Å². The summed E-state index contributed by atoms with van der Waals surface area (Å²) in [7, 11) is 0. The molecule has 0 spiro atoms. The summed E-state index contributed by atoms with van der Waals surface area (Å²) >= 11 is 0. The van der Waals surface area contributed by atoms with Crippen molar-refractivity contribution in [2.45, 2.75) is 39.0 Å². The van der Waals surface area contributed by atoms with Crippen molar-refractivity contribution in [3.63, 3.8) is 0 Å². The van der Waals surface area contributed by atoms with Gasteiger partial charge in [-0.3, -0.25) is 15.2 Å². The highest BCUT2D eigenvalue weighted by molar-refractivity contribution is 5.77. The van der Waals surface area contributed by atoms with Gasteiger partial charge < -0.3 is 9.32 Å². The fourth-order valence-corrected chi connectivity index (χ4v) is 3.25. The molecule has 7 nitrogen and oxygen atoms in total. The number of aromatic nitrogens is 2. The monoisotopic (exact) mass is 318 g/mol. The summed E-state index contributed by atoms with van der Waals surface area (Å²) in [5, 5.41) is 18.6. The number of unbranched alkanes of at least 4 members (excludes halogenated alkanes) is 1. The Hall–Kier alpha value is -2.31. The third-order valence-corrected chi connectivity index (χ3v) is 4.59. The van der Waals surface area contributed by atoms with E-state index in [1.807, 2.05) is 4.90 Å². The van der Waals surface area contributed by atoms with Gasteiger partial charge in [0.1, 0.15) is 5.69 Å². The van der Waals surface area contributed by atoms with Crippen LogP contribution in [0.1, 0.15) is 39.0 Å². The first-order valence-corrected chi connectivity index (χ1v) is 8.21. The average Bonchev–Trinajstić information content (AvgIpc) is 3.22. The maximum Gasteiger partial charge on any atom is 0.338 e. The van der Waals surface area contributed by atoms with Crippen LogP contribution in [-0.2, 0) is 0 Å². The van der Waals surface area contributed by atoms with Gasteiger partial charge in [0.2, 0.25) is 5.82 Å². The SMILES string of the molecule is CCCCC1CCN(c2n[nH]c(-c3ccoc3)c2[N+](=O)[O-])CC1. The van der Waals surface area contributed by atoms with Crippen LogP contribution in [0.2, 0.25) is 0 Å². The molecule has 0 amide bonds. The standard InChI is InChI=1S/C16H22N4O3/c1-2-3-4-12-5-8-19(9-6-12)16-15(20(21)22)14(17-18-16)13-7-10-23-11-13/h7,10-12H,2-6,8-9H2,1H3,(H,17,18). The Morgan fingerprint density at radius 1 is 1.48 bits per heavy atom. The van der Waals surface area contributed by atoms with Gasteiger partial charge in [-0.15, -0.1) is 5.10 Å². The highest BCUT2D eigenvalue weighted by atomic mass is 16.6. The minimum atomic E-state index is -0.357. The molecule has 3 rings (SSSR count). The van der Waals surface area contributed by atoms with Crippen molar-refractivity contribution in [3.05, 3.63) is 28.7 Å². The van der Waals surface area contributed by atoms with E-state index >= 15 is 0 Å². The number of hydrogen-bond acceptors (Lipinski definition) is 5. The molecule has 23 heavy (non-hydrogen) atoms. The van der Waals surface area contributed by atoms with E-state index in [-0.39, 0.29) is 10.6 Å². The Bertz CT molecular complexity index is 642. The molecule has 124 valence electrons. The molecule has 2 aromatic rings. The molecule has 0 radical (unpaired) electrons. The van der Waals surface area contributed by atoms with Crippen molar-refractivity contribution in [3.8, 4) is 11.3 Å². The van der Waals surface area contributed by atoms with Crippen molar-refractivity contribution >= 4 is 11.5 Å². The Kier molecular flexibility index (Phi) is 4.64. The predicted molar refractivity (Wildman–Crippen MR) is 87.4 cm³/mol. The lowest BCUT2D eigenvalue weighted by atomic mass is 9.91. The van der Waals surface area contributed by atoms with E-state index in [2.05, 4.69) is 17.1 Å². The number of nitro groups is 1. The van der Waals surface area contributed by atoms with Crippen LogP contribution in [-0.4, -0.2) is 28.2 Å². The summed E-state index contributed by atoms with van der Waals surface area (Å²) in [6.45, 7) is 3.86. The summed E-state index contributed by atoms with van der Waals surface area (Å²) in [5.74, 6) is 1.18. The van der Waals surface area contributed by atoms with Gasteiger partial charge in [-0.1, -0.05) is 26.2 Å².